The van der Waals surface area contributed by atoms with Crippen molar-refractivity contribution >= 4 is 11.7 Å². The monoisotopic (exact) mass is 523 g/mol. The van der Waals surface area contributed by atoms with E-state index >= 15 is 8.78 Å². The smallest absolute Gasteiger partial charge is 0.249 e. The summed E-state index contributed by atoms with van der Waals surface area (Å²) in [7, 11) is 0. The van der Waals surface area contributed by atoms with Gasteiger partial charge in [-0.2, -0.15) is 0 Å². The summed E-state index contributed by atoms with van der Waals surface area (Å²) in [5.41, 5.74) is 5.49. The first-order chi connectivity index (χ1) is 18.4. The average Bonchev–Trinajstić information content (AvgIpc) is 3.39. The lowest BCUT2D eigenvalue weighted by atomic mass is 9.41. The van der Waals surface area contributed by atoms with Crippen molar-refractivity contribution in [2.75, 3.05) is 38.2 Å². The molecule has 202 valence electrons. The van der Waals surface area contributed by atoms with Crippen LogP contribution in [-0.2, 0) is 10.2 Å². The third-order valence-electron chi connectivity index (χ3n) is 10.0. The van der Waals surface area contributed by atoms with Gasteiger partial charge in [0.2, 0.25) is 5.91 Å². The Morgan fingerprint density at radius 1 is 1.08 bits per heavy atom. The number of nitrogens with one attached hydrogen (secondary N) is 1. The molecule has 3 atom stereocenters. The van der Waals surface area contributed by atoms with Gasteiger partial charge in [-0.3, -0.25) is 4.79 Å². The van der Waals surface area contributed by atoms with Crippen molar-refractivity contribution in [1.29, 1.82) is 0 Å². The number of anilines is 1. The maximum atomic E-state index is 15.3. The number of rotatable bonds is 7. The number of hydrogen-bond donors (Lipinski definition) is 2. The van der Waals surface area contributed by atoms with Gasteiger partial charge in [0.15, 0.2) is 11.6 Å². The minimum Gasteiger partial charge on any atom is -0.381 e. The normalized spacial score (nSPS) is 32.5. The lowest BCUT2D eigenvalue weighted by Gasteiger charge is -2.62. The van der Waals surface area contributed by atoms with E-state index in [9.17, 15) is 4.79 Å². The molecule has 1 amide bonds. The number of nitrogens with zero attached hydrogens (tertiary/aromatic N) is 3. The number of benzene rings is 1. The summed E-state index contributed by atoms with van der Waals surface area (Å²) < 4.78 is 36.0. The maximum absolute atomic E-state index is 15.3. The van der Waals surface area contributed by atoms with E-state index in [1.165, 1.54) is 25.5 Å². The first kappa shape index (κ1) is 24.4. The predicted octanol–water partition coefficient (Wildman–Crippen LogP) is 4.12. The van der Waals surface area contributed by atoms with Crippen LogP contribution in [0, 0.1) is 35.3 Å². The summed E-state index contributed by atoms with van der Waals surface area (Å²) >= 11 is 0. The zero-order valence-electron chi connectivity index (χ0n) is 21.6. The number of carbonyl (C=O) groups excluding carboxylic acids is 1. The largest absolute Gasteiger partial charge is 0.381 e. The Morgan fingerprint density at radius 3 is 2.37 bits per heavy atom. The number of primary amides is 1. The molecule has 3 heterocycles. The molecule has 8 rings (SSSR count). The summed E-state index contributed by atoms with van der Waals surface area (Å²) in [5, 5.41) is 12.0. The number of hydrogen-bond acceptors (Lipinski definition) is 6. The molecule has 1 unspecified atom stereocenters. The van der Waals surface area contributed by atoms with Gasteiger partial charge in [-0.1, -0.05) is 0 Å². The summed E-state index contributed by atoms with van der Waals surface area (Å²) in [5.74, 6) is 0.641. The van der Waals surface area contributed by atoms with Crippen LogP contribution in [0.4, 0.5) is 14.6 Å². The molecule has 6 fully saturated rings. The number of aromatic nitrogens is 2. The van der Waals surface area contributed by atoms with E-state index in [1.807, 2.05) is 0 Å². The van der Waals surface area contributed by atoms with Crippen molar-refractivity contribution in [3.8, 4) is 11.3 Å². The Bertz CT molecular complexity index is 1220. The second-order valence-corrected chi connectivity index (χ2v) is 12.5. The van der Waals surface area contributed by atoms with Crippen LogP contribution >= 0.6 is 0 Å². The van der Waals surface area contributed by atoms with E-state index in [1.54, 1.807) is 12.1 Å². The van der Waals surface area contributed by atoms with Crippen molar-refractivity contribution in [3.05, 3.63) is 41.0 Å². The highest BCUT2D eigenvalue weighted by Crippen LogP contribution is 2.66. The van der Waals surface area contributed by atoms with Crippen molar-refractivity contribution in [2.24, 2.45) is 29.4 Å². The molecule has 2 bridgehead atoms. The molecule has 2 aromatic rings. The molecule has 2 saturated heterocycles. The van der Waals surface area contributed by atoms with Crippen molar-refractivity contribution in [1.82, 2.24) is 15.1 Å². The third kappa shape index (κ3) is 4.09. The van der Waals surface area contributed by atoms with E-state index in [-0.39, 0.29) is 22.4 Å². The van der Waals surface area contributed by atoms with E-state index in [0.717, 1.165) is 64.3 Å². The summed E-state index contributed by atoms with van der Waals surface area (Å²) in [6.07, 6.45) is 6.93. The molecule has 1 aromatic carbocycles. The molecule has 3 N–H and O–H groups in total. The molecular weight excluding hydrogens is 488 g/mol. The zero-order chi connectivity index (χ0) is 26.0. The molecule has 6 aliphatic rings. The topological polar surface area (TPSA) is 93.4 Å². The summed E-state index contributed by atoms with van der Waals surface area (Å²) in [6.45, 7) is 5.32. The fourth-order valence-electron chi connectivity index (χ4n) is 8.03. The Morgan fingerprint density at radius 2 is 1.79 bits per heavy atom. The zero-order valence-corrected chi connectivity index (χ0v) is 21.6. The van der Waals surface area contributed by atoms with Gasteiger partial charge in [0, 0.05) is 55.6 Å². The third-order valence-corrected chi connectivity index (χ3v) is 10.0. The highest BCUT2D eigenvalue weighted by Gasteiger charge is 2.59. The Hall–Kier alpha value is -2.65. The number of likely N-dealkylation sites (tertiary alicyclic amines) is 1. The quantitative estimate of drug-likeness (QED) is 0.567. The lowest BCUT2D eigenvalue weighted by molar-refractivity contribution is -0.0309. The van der Waals surface area contributed by atoms with Crippen LogP contribution in [-0.4, -0.2) is 59.9 Å². The fourth-order valence-corrected chi connectivity index (χ4v) is 8.03. The molecular formula is C29H35F2N5O2. The number of amides is 1. The SMILES string of the molecule is NC(=O)c1cc(-c2ccc(NC3C[C@@H]4CN(CC5CCOCC5)C[C@@H]4C3)nn2)c(F)c(F)c1C12CC(C1)C2. The fraction of sp³-hybridized carbons (Fsp3) is 0.621. The molecule has 4 saturated carbocycles. The molecule has 4 aliphatic carbocycles. The van der Waals surface area contributed by atoms with Gasteiger partial charge >= 0.3 is 0 Å². The summed E-state index contributed by atoms with van der Waals surface area (Å²) in [6, 6.07) is 5.07. The maximum Gasteiger partial charge on any atom is 0.249 e. The van der Waals surface area contributed by atoms with Crippen molar-refractivity contribution < 1.29 is 18.3 Å². The van der Waals surface area contributed by atoms with Gasteiger partial charge in [0.25, 0.3) is 0 Å². The molecule has 38 heavy (non-hydrogen) atoms. The van der Waals surface area contributed by atoms with Gasteiger partial charge in [-0.25, -0.2) is 8.78 Å². The van der Waals surface area contributed by atoms with Gasteiger partial charge in [0.05, 0.1) is 5.69 Å². The number of halogens is 2. The minimum absolute atomic E-state index is 0.0596. The molecule has 0 radical (unpaired) electrons. The van der Waals surface area contributed by atoms with E-state index in [4.69, 9.17) is 10.5 Å². The lowest BCUT2D eigenvalue weighted by Crippen LogP contribution is -2.56. The molecule has 9 heteroatoms. The molecule has 1 aromatic heterocycles. The second-order valence-electron chi connectivity index (χ2n) is 12.5. The number of ether oxygens (including phenoxy) is 1. The van der Waals surface area contributed by atoms with E-state index < -0.39 is 23.0 Å². The van der Waals surface area contributed by atoms with Crippen LogP contribution in [0.15, 0.2) is 18.2 Å². The first-order valence-electron chi connectivity index (χ1n) is 14.1. The number of carbonyl (C=O) groups is 1. The van der Waals surface area contributed by atoms with Crippen molar-refractivity contribution in [3.63, 3.8) is 0 Å². The Balaban J connectivity index is 1.01. The van der Waals surface area contributed by atoms with Crippen molar-refractivity contribution in [2.45, 2.75) is 56.4 Å². The molecule has 2 aliphatic heterocycles. The molecule has 7 nitrogen and oxygen atoms in total. The van der Waals surface area contributed by atoms with Crippen LogP contribution in [0.3, 0.4) is 0 Å². The standard InChI is InChI=1S/C29H35F2N5O2/c30-26-21(9-22(28(32)37)25(27(26)31)29-10-17(11-29)12-29)23-1-2-24(35-34-23)33-20-7-18-14-36(15-19(18)8-20)13-16-3-5-38-6-4-16/h1-2,9,16-20H,3-8,10-15H2,(H2,32,37)(H,33,35)/t17?,18-,19+,20?,29?. The Kier molecular flexibility index (Phi) is 5.92. The van der Waals surface area contributed by atoms with Crippen LogP contribution in [0.25, 0.3) is 11.3 Å². The van der Waals surface area contributed by atoms with E-state index in [0.29, 0.717) is 29.6 Å². The highest BCUT2D eigenvalue weighted by molar-refractivity contribution is 5.96. The van der Waals surface area contributed by atoms with Gasteiger partial charge in [0.1, 0.15) is 5.82 Å². The minimum atomic E-state index is -0.987. The van der Waals surface area contributed by atoms with E-state index in [2.05, 4.69) is 20.4 Å². The van der Waals surface area contributed by atoms with Gasteiger partial charge in [-0.15, -0.1) is 10.2 Å². The van der Waals surface area contributed by atoms with Crippen LogP contribution < -0.4 is 11.1 Å². The van der Waals surface area contributed by atoms with Gasteiger partial charge < -0.3 is 20.7 Å². The second kappa shape index (κ2) is 9.23. The van der Waals surface area contributed by atoms with Crippen LogP contribution in [0.5, 0.6) is 0 Å². The number of fused-ring (bicyclic) bond motifs is 1. The first-order valence-corrected chi connectivity index (χ1v) is 14.1. The average molecular weight is 524 g/mol. The Labute approximate surface area is 221 Å². The van der Waals surface area contributed by atoms with Gasteiger partial charge in [-0.05, 0) is 92.2 Å². The molecule has 0 spiro atoms. The highest BCUT2D eigenvalue weighted by atomic mass is 19.2. The number of nitrogens with two attached hydrogens (primary N) is 1. The van der Waals surface area contributed by atoms with Crippen LogP contribution in [0.2, 0.25) is 0 Å². The summed E-state index contributed by atoms with van der Waals surface area (Å²) in [4.78, 5) is 14.8. The van der Waals surface area contributed by atoms with Crippen LogP contribution in [0.1, 0.15) is 60.9 Å². The predicted molar refractivity (Wildman–Crippen MR) is 139 cm³/mol.